The van der Waals surface area contributed by atoms with Crippen molar-refractivity contribution in [1.29, 1.82) is 5.26 Å². The van der Waals surface area contributed by atoms with E-state index < -0.39 is 0 Å². The summed E-state index contributed by atoms with van der Waals surface area (Å²) in [5.74, 6) is 1.28. The molecule has 0 radical (unpaired) electrons. The maximum Gasteiger partial charge on any atom is 0.168 e. The van der Waals surface area contributed by atoms with Crippen LogP contribution in [-0.2, 0) is 0 Å². The molecule has 0 saturated carbocycles. The van der Waals surface area contributed by atoms with E-state index in [9.17, 15) is 0 Å². The molecule has 0 aliphatic heterocycles. The molecule has 1 unspecified atom stereocenters. The summed E-state index contributed by atoms with van der Waals surface area (Å²) in [6, 6.07) is 12.6. The third-order valence-corrected chi connectivity index (χ3v) is 2.32. The lowest BCUT2D eigenvalue weighted by molar-refractivity contribution is 0.184. The molecule has 2 rings (SSSR count). The topological polar surface area (TPSA) is 72.2 Å². The van der Waals surface area contributed by atoms with E-state index in [1.165, 1.54) is 0 Å². The molecule has 1 aromatic carbocycles. The van der Waals surface area contributed by atoms with Crippen LogP contribution in [0.3, 0.4) is 0 Å². The molecular formula is C13H12N2O2. The van der Waals surface area contributed by atoms with Crippen LogP contribution in [0.25, 0.3) is 0 Å². The van der Waals surface area contributed by atoms with Crippen LogP contribution in [0.15, 0.2) is 47.1 Å². The lowest BCUT2D eigenvalue weighted by atomic mass is 10.2. The molecule has 86 valence electrons. The molecular weight excluding hydrogens is 216 g/mol. The lowest BCUT2D eigenvalue weighted by Gasteiger charge is -2.15. The van der Waals surface area contributed by atoms with Gasteiger partial charge in [-0.25, -0.2) is 0 Å². The number of hydrogen-bond acceptors (Lipinski definition) is 4. The van der Waals surface area contributed by atoms with E-state index in [0.29, 0.717) is 23.6 Å². The first-order valence-electron chi connectivity index (χ1n) is 5.24. The van der Waals surface area contributed by atoms with E-state index in [1.54, 1.807) is 36.6 Å². The van der Waals surface area contributed by atoms with Crippen LogP contribution in [0.5, 0.6) is 5.75 Å². The summed E-state index contributed by atoms with van der Waals surface area (Å²) in [5, 5.41) is 8.79. The summed E-state index contributed by atoms with van der Waals surface area (Å²) >= 11 is 0. The molecule has 0 amide bonds. The Hall–Kier alpha value is -2.25. The average Bonchev–Trinajstić information content (AvgIpc) is 2.90. The number of rotatable bonds is 4. The van der Waals surface area contributed by atoms with Gasteiger partial charge >= 0.3 is 0 Å². The second-order valence-electron chi connectivity index (χ2n) is 3.50. The van der Waals surface area contributed by atoms with Gasteiger partial charge in [-0.2, -0.15) is 5.26 Å². The minimum atomic E-state index is -0.334. The van der Waals surface area contributed by atoms with E-state index in [-0.39, 0.29) is 6.10 Å². The number of nitriles is 1. The Balaban J connectivity index is 2.16. The normalized spacial score (nSPS) is 11.8. The first kappa shape index (κ1) is 11.2. The fraction of sp³-hybridized carbons (Fsp3) is 0.154. The van der Waals surface area contributed by atoms with Gasteiger partial charge in [0.2, 0.25) is 0 Å². The van der Waals surface area contributed by atoms with Gasteiger partial charge in [-0.15, -0.1) is 0 Å². The number of hydrogen-bond donors (Lipinski definition) is 1. The van der Waals surface area contributed by atoms with Crippen molar-refractivity contribution in [3.63, 3.8) is 0 Å². The van der Waals surface area contributed by atoms with Crippen LogP contribution < -0.4 is 10.5 Å². The smallest absolute Gasteiger partial charge is 0.168 e. The zero-order valence-electron chi connectivity index (χ0n) is 9.17. The lowest BCUT2D eigenvalue weighted by Crippen LogP contribution is -2.17. The molecule has 2 N–H and O–H groups in total. The van der Waals surface area contributed by atoms with Gasteiger partial charge in [-0.1, -0.05) is 6.07 Å². The third kappa shape index (κ3) is 2.65. The molecule has 1 atom stereocenters. The van der Waals surface area contributed by atoms with Crippen molar-refractivity contribution >= 4 is 0 Å². The van der Waals surface area contributed by atoms with Gasteiger partial charge in [0.25, 0.3) is 0 Å². The average molecular weight is 228 g/mol. The van der Waals surface area contributed by atoms with E-state index in [1.807, 2.05) is 6.07 Å². The van der Waals surface area contributed by atoms with Crippen molar-refractivity contribution in [3.05, 3.63) is 54.0 Å². The number of nitrogens with zero attached hydrogens (tertiary/aromatic N) is 1. The molecule has 2 aromatic rings. The molecule has 1 aromatic heterocycles. The maximum atomic E-state index is 8.79. The SMILES string of the molecule is N#Cc1cccc(OC(CN)c2ccco2)c1. The van der Waals surface area contributed by atoms with Gasteiger partial charge in [-0.05, 0) is 30.3 Å². The zero-order chi connectivity index (χ0) is 12.1. The van der Waals surface area contributed by atoms with Crippen molar-refractivity contribution in [2.75, 3.05) is 6.54 Å². The monoisotopic (exact) mass is 228 g/mol. The van der Waals surface area contributed by atoms with Crippen LogP contribution in [0.4, 0.5) is 0 Å². The molecule has 0 spiro atoms. The van der Waals surface area contributed by atoms with Gasteiger partial charge in [0.05, 0.1) is 17.9 Å². The fourth-order valence-electron chi connectivity index (χ4n) is 1.50. The third-order valence-electron chi connectivity index (χ3n) is 2.32. The molecule has 1 heterocycles. The molecule has 4 heteroatoms. The van der Waals surface area contributed by atoms with Gasteiger partial charge < -0.3 is 14.9 Å². The number of furan rings is 1. The predicted molar refractivity (Wildman–Crippen MR) is 62.3 cm³/mol. The Morgan fingerprint density at radius 2 is 2.24 bits per heavy atom. The first-order chi connectivity index (χ1) is 8.33. The van der Waals surface area contributed by atoms with Crippen LogP contribution in [0, 0.1) is 11.3 Å². The van der Waals surface area contributed by atoms with E-state index in [4.69, 9.17) is 20.1 Å². The summed E-state index contributed by atoms with van der Waals surface area (Å²) < 4.78 is 10.9. The van der Waals surface area contributed by atoms with Crippen LogP contribution in [0.2, 0.25) is 0 Å². The summed E-state index contributed by atoms with van der Waals surface area (Å²) in [4.78, 5) is 0. The number of ether oxygens (including phenoxy) is 1. The van der Waals surface area contributed by atoms with Gasteiger partial charge in [0.1, 0.15) is 11.5 Å². The quantitative estimate of drug-likeness (QED) is 0.870. The Morgan fingerprint density at radius 1 is 1.35 bits per heavy atom. The number of benzene rings is 1. The molecule has 0 bridgehead atoms. The van der Waals surface area contributed by atoms with Gasteiger partial charge in [-0.3, -0.25) is 0 Å². The summed E-state index contributed by atoms with van der Waals surface area (Å²) in [6.07, 6.45) is 1.24. The van der Waals surface area contributed by atoms with Crippen LogP contribution in [-0.4, -0.2) is 6.54 Å². The van der Waals surface area contributed by atoms with Crippen molar-refractivity contribution in [2.24, 2.45) is 5.73 Å². The first-order valence-corrected chi connectivity index (χ1v) is 5.24. The van der Waals surface area contributed by atoms with E-state index >= 15 is 0 Å². The molecule has 0 aliphatic carbocycles. The predicted octanol–water partition coefficient (Wildman–Crippen LogP) is 2.23. The van der Waals surface area contributed by atoms with Crippen molar-refractivity contribution < 1.29 is 9.15 Å². The van der Waals surface area contributed by atoms with Crippen molar-refractivity contribution in [1.82, 2.24) is 0 Å². The highest BCUT2D eigenvalue weighted by molar-refractivity contribution is 5.36. The van der Waals surface area contributed by atoms with E-state index in [0.717, 1.165) is 0 Å². The van der Waals surface area contributed by atoms with Gasteiger partial charge in [0, 0.05) is 6.54 Å². The Bertz CT molecular complexity index is 514. The van der Waals surface area contributed by atoms with Crippen molar-refractivity contribution in [3.8, 4) is 11.8 Å². The fourth-order valence-corrected chi connectivity index (χ4v) is 1.50. The highest BCUT2D eigenvalue weighted by atomic mass is 16.5. The Morgan fingerprint density at radius 3 is 2.88 bits per heavy atom. The highest BCUT2D eigenvalue weighted by Crippen LogP contribution is 2.22. The molecule has 17 heavy (non-hydrogen) atoms. The second-order valence-corrected chi connectivity index (χ2v) is 3.50. The van der Waals surface area contributed by atoms with Crippen molar-refractivity contribution in [2.45, 2.75) is 6.10 Å². The number of nitrogens with two attached hydrogens (primary N) is 1. The molecule has 0 fully saturated rings. The Labute approximate surface area is 99.2 Å². The van der Waals surface area contributed by atoms with E-state index in [2.05, 4.69) is 6.07 Å². The molecule has 4 nitrogen and oxygen atoms in total. The summed E-state index contributed by atoms with van der Waals surface area (Å²) in [7, 11) is 0. The Kier molecular flexibility index (Phi) is 3.43. The highest BCUT2D eigenvalue weighted by Gasteiger charge is 2.14. The largest absolute Gasteiger partial charge is 0.481 e. The minimum Gasteiger partial charge on any atom is -0.481 e. The van der Waals surface area contributed by atoms with Crippen LogP contribution in [0.1, 0.15) is 17.4 Å². The summed E-state index contributed by atoms with van der Waals surface area (Å²) in [6.45, 7) is 0.310. The minimum absolute atomic E-state index is 0.310. The van der Waals surface area contributed by atoms with Gasteiger partial charge in [0.15, 0.2) is 6.10 Å². The summed E-state index contributed by atoms with van der Waals surface area (Å²) in [5.41, 5.74) is 6.19. The maximum absolute atomic E-state index is 8.79. The zero-order valence-corrected chi connectivity index (χ0v) is 9.17. The molecule has 0 saturated heterocycles. The molecule has 0 aliphatic rings. The van der Waals surface area contributed by atoms with Crippen LogP contribution >= 0.6 is 0 Å². The second kappa shape index (κ2) is 5.19. The standard InChI is InChI=1S/C13H12N2O2/c14-8-10-3-1-4-11(7-10)17-13(9-15)12-5-2-6-16-12/h1-7,13H,9,15H2.